The van der Waals surface area contributed by atoms with E-state index in [2.05, 4.69) is 11.9 Å². The first-order valence-corrected chi connectivity index (χ1v) is 6.27. The zero-order valence-corrected chi connectivity index (χ0v) is 11.1. The second kappa shape index (κ2) is 8.08. The molecule has 0 aromatic heterocycles. The highest BCUT2D eigenvalue weighted by Crippen LogP contribution is 2.12. The van der Waals surface area contributed by atoms with E-state index < -0.39 is 0 Å². The molecular weight excluding hydrogens is 242 g/mol. The number of hydrogen-bond acceptors (Lipinski definition) is 3. The van der Waals surface area contributed by atoms with Crippen LogP contribution in [0, 0.1) is 0 Å². The van der Waals surface area contributed by atoms with Gasteiger partial charge >= 0.3 is 0 Å². The maximum Gasteiger partial charge on any atom is 0.243 e. The molecule has 4 heteroatoms. The Morgan fingerprint density at radius 1 is 1.26 bits per heavy atom. The Hall–Kier alpha value is -2.10. The standard InChI is InChI=1S/C15H19NO3/c1-3-15(18)16-10-4-5-11-19-14-8-6-13(7-9-14)12(2)17/h3,6-9H,1,4-5,10-11H2,2H3,(H,16,18). The van der Waals surface area contributed by atoms with Crippen molar-refractivity contribution in [2.45, 2.75) is 19.8 Å². The molecule has 1 N–H and O–H groups in total. The molecule has 0 saturated carbocycles. The van der Waals surface area contributed by atoms with Crippen LogP contribution < -0.4 is 10.1 Å². The molecule has 19 heavy (non-hydrogen) atoms. The molecular formula is C15H19NO3. The van der Waals surface area contributed by atoms with Crippen LogP contribution in [0.1, 0.15) is 30.1 Å². The molecule has 102 valence electrons. The maximum absolute atomic E-state index is 11.1. The lowest BCUT2D eigenvalue weighted by Gasteiger charge is -2.06. The number of unbranched alkanes of at least 4 members (excludes halogenated alkanes) is 1. The zero-order chi connectivity index (χ0) is 14.1. The van der Waals surface area contributed by atoms with Gasteiger partial charge in [-0.2, -0.15) is 0 Å². The molecule has 1 aromatic rings. The molecule has 0 fully saturated rings. The van der Waals surface area contributed by atoms with Crippen LogP contribution in [-0.4, -0.2) is 24.8 Å². The Bertz CT molecular complexity index is 437. The fraction of sp³-hybridized carbons (Fsp3) is 0.333. The summed E-state index contributed by atoms with van der Waals surface area (Å²) in [6, 6.07) is 7.08. The summed E-state index contributed by atoms with van der Waals surface area (Å²) < 4.78 is 5.53. The van der Waals surface area contributed by atoms with E-state index in [1.54, 1.807) is 24.3 Å². The summed E-state index contributed by atoms with van der Waals surface area (Å²) in [6.07, 6.45) is 2.96. The van der Waals surface area contributed by atoms with E-state index in [1.165, 1.54) is 13.0 Å². The summed E-state index contributed by atoms with van der Waals surface area (Å²) in [5.41, 5.74) is 0.680. The number of Topliss-reactive ketones (excluding diaryl/α,β-unsaturated/α-hetero) is 1. The van der Waals surface area contributed by atoms with Crippen molar-refractivity contribution in [1.82, 2.24) is 5.32 Å². The fourth-order valence-corrected chi connectivity index (χ4v) is 1.49. The number of ether oxygens (including phenoxy) is 1. The second-order valence-corrected chi connectivity index (χ2v) is 4.13. The van der Waals surface area contributed by atoms with Crippen LogP contribution in [-0.2, 0) is 4.79 Å². The highest BCUT2D eigenvalue weighted by atomic mass is 16.5. The number of carbonyl (C=O) groups excluding carboxylic acids is 2. The molecule has 0 aliphatic rings. The number of nitrogens with one attached hydrogen (secondary N) is 1. The monoisotopic (exact) mass is 261 g/mol. The number of amides is 1. The van der Waals surface area contributed by atoms with Crippen LogP contribution in [0.5, 0.6) is 5.75 Å². The zero-order valence-electron chi connectivity index (χ0n) is 11.1. The fourth-order valence-electron chi connectivity index (χ4n) is 1.49. The van der Waals surface area contributed by atoms with Gasteiger partial charge in [0.1, 0.15) is 5.75 Å². The van der Waals surface area contributed by atoms with Gasteiger partial charge in [-0.15, -0.1) is 0 Å². The van der Waals surface area contributed by atoms with E-state index in [0.29, 0.717) is 18.7 Å². The van der Waals surface area contributed by atoms with Gasteiger partial charge < -0.3 is 10.1 Å². The highest BCUT2D eigenvalue weighted by Gasteiger charge is 1.99. The topological polar surface area (TPSA) is 55.4 Å². The van der Waals surface area contributed by atoms with Crippen LogP contribution in [0.25, 0.3) is 0 Å². The minimum absolute atomic E-state index is 0.0458. The Morgan fingerprint density at radius 2 is 1.95 bits per heavy atom. The summed E-state index contributed by atoms with van der Waals surface area (Å²) >= 11 is 0. The molecule has 4 nitrogen and oxygen atoms in total. The highest BCUT2D eigenvalue weighted by molar-refractivity contribution is 5.94. The molecule has 0 spiro atoms. The van der Waals surface area contributed by atoms with Crippen molar-refractivity contribution in [3.8, 4) is 5.75 Å². The summed E-state index contributed by atoms with van der Waals surface area (Å²) in [4.78, 5) is 22.0. The molecule has 1 amide bonds. The van der Waals surface area contributed by atoms with Crippen LogP contribution in [0.15, 0.2) is 36.9 Å². The van der Waals surface area contributed by atoms with E-state index in [1.807, 2.05) is 0 Å². The summed E-state index contributed by atoms with van der Waals surface area (Å²) in [5, 5.41) is 2.70. The third-order valence-corrected chi connectivity index (χ3v) is 2.59. The first-order chi connectivity index (χ1) is 9.13. The van der Waals surface area contributed by atoms with Gasteiger partial charge in [-0.3, -0.25) is 9.59 Å². The third-order valence-electron chi connectivity index (χ3n) is 2.59. The predicted molar refractivity (Wildman–Crippen MR) is 74.4 cm³/mol. The molecule has 0 aliphatic carbocycles. The molecule has 0 radical (unpaired) electrons. The Morgan fingerprint density at radius 3 is 2.53 bits per heavy atom. The number of benzene rings is 1. The van der Waals surface area contributed by atoms with E-state index in [9.17, 15) is 9.59 Å². The third kappa shape index (κ3) is 5.86. The Balaban J connectivity index is 2.17. The van der Waals surface area contributed by atoms with E-state index in [0.717, 1.165) is 18.6 Å². The molecule has 0 heterocycles. The lowest BCUT2D eigenvalue weighted by Crippen LogP contribution is -2.22. The largest absolute Gasteiger partial charge is 0.494 e. The number of carbonyl (C=O) groups is 2. The van der Waals surface area contributed by atoms with Gasteiger partial charge in [0, 0.05) is 12.1 Å². The van der Waals surface area contributed by atoms with E-state index in [4.69, 9.17) is 4.74 Å². The van der Waals surface area contributed by atoms with E-state index >= 15 is 0 Å². The first-order valence-electron chi connectivity index (χ1n) is 6.27. The van der Waals surface area contributed by atoms with Crippen molar-refractivity contribution >= 4 is 11.7 Å². The van der Waals surface area contributed by atoms with Gasteiger partial charge in [0.15, 0.2) is 5.78 Å². The summed E-state index contributed by atoms with van der Waals surface area (Å²) in [7, 11) is 0. The average Bonchev–Trinajstić information content (AvgIpc) is 2.42. The number of hydrogen-bond donors (Lipinski definition) is 1. The summed E-state index contributed by atoms with van der Waals surface area (Å²) in [5.74, 6) is 0.644. The van der Waals surface area contributed by atoms with Gasteiger partial charge in [0.2, 0.25) is 5.91 Å². The van der Waals surface area contributed by atoms with Crippen LogP contribution in [0.4, 0.5) is 0 Å². The Kier molecular flexibility index (Phi) is 6.36. The maximum atomic E-state index is 11.1. The van der Waals surface area contributed by atoms with Crippen molar-refractivity contribution in [3.05, 3.63) is 42.5 Å². The van der Waals surface area contributed by atoms with Gasteiger partial charge in [-0.25, -0.2) is 0 Å². The normalized spacial score (nSPS) is 9.74. The van der Waals surface area contributed by atoms with Gasteiger partial charge in [0.05, 0.1) is 6.61 Å². The minimum Gasteiger partial charge on any atom is -0.494 e. The van der Waals surface area contributed by atoms with Crippen molar-refractivity contribution < 1.29 is 14.3 Å². The molecule has 1 rings (SSSR count). The molecule has 0 aliphatic heterocycles. The molecule has 0 atom stereocenters. The van der Waals surface area contributed by atoms with Crippen molar-refractivity contribution in [2.75, 3.05) is 13.2 Å². The predicted octanol–water partition coefficient (Wildman–Crippen LogP) is 2.35. The van der Waals surface area contributed by atoms with Crippen LogP contribution >= 0.6 is 0 Å². The molecule has 1 aromatic carbocycles. The molecule has 0 saturated heterocycles. The van der Waals surface area contributed by atoms with E-state index in [-0.39, 0.29) is 11.7 Å². The average molecular weight is 261 g/mol. The van der Waals surface area contributed by atoms with Crippen LogP contribution in [0.2, 0.25) is 0 Å². The molecule has 0 unspecified atom stereocenters. The lowest BCUT2D eigenvalue weighted by molar-refractivity contribution is -0.116. The smallest absolute Gasteiger partial charge is 0.243 e. The lowest BCUT2D eigenvalue weighted by atomic mass is 10.1. The number of ketones is 1. The Labute approximate surface area is 113 Å². The quantitative estimate of drug-likeness (QED) is 0.444. The molecule has 0 bridgehead atoms. The summed E-state index contributed by atoms with van der Waals surface area (Å²) in [6.45, 7) is 6.12. The van der Waals surface area contributed by atoms with Gasteiger partial charge in [-0.1, -0.05) is 6.58 Å². The second-order valence-electron chi connectivity index (χ2n) is 4.13. The van der Waals surface area contributed by atoms with Gasteiger partial charge in [-0.05, 0) is 50.1 Å². The van der Waals surface area contributed by atoms with Gasteiger partial charge in [0.25, 0.3) is 0 Å². The number of rotatable bonds is 8. The van der Waals surface area contributed by atoms with Crippen molar-refractivity contribution in [2.24, 2.45) is 0 Å². The SMILES string of the molecule is C=CC(=O)NCCCCOc1ccc(C(C)=O)cc1. The minimum atomic E-state index is -0.152. The van der Waals surface area contributed by atoms with Crippen molar-refractivity contribution in [1.29, 1.82) is 0 Å². The first kappa shape index (κ1) is 15.0. The van der Waals surface area contributed by atoms with Crippen molar-refractivity contribution in [3.63, 3.8) is 0 Å². The van der Waals surface area contributed by atoms with Crippen LogP contribution in [0.3, 0.4) is 0 Å².